The van der Waals surface area contributed by atoms with E-state index in [1.807, 2.05) is 0 Å². The molecule has 0 radical (unpaired) electrons. The minimum absolute atomic E-state index is 0.717. The van der Waals surface area contributed by atoms with Gasteiger partial charge in [0.2, 0.25) is 0 Å². The van der Waals surface area contributed by atoms with Gasteiger partial charge in [0.1, 0.15) is 0 Å². The van der Waals surface area contributed by atoms with Gasteiger partial charge in [-0.15, -0.1) is 0 Å². The van der Waals surface area contributed by atoms with Gasteiger partial charge in [-0.3, -0.25) is 0 Å². The number of rotatable bonds is 3. The van der Waals surface area contributed by atoms with E-state index in [1.54, 1.807) is 5.56 Å². The smallest absolute Gasteiger partial charge is 0.0342 e. The van der Waals surface area contributed by atoms with Crippen LogP contribution in [0.5, 0.6) is 0 Å². The van der Waals surface area contributed by atoms with E-state index in [0.717, 1.165) is 5.92 Å². The topological polar surface area (TPSA) is 12.0 Å². The molecule has 1 aromatic carbocycles. The maximum Gasteiger partial charge on any atom is 0.0342 e. The maximum absolute atomic E-state index is 3.71. The summed E-state index contributed by atoms with van der Waals surface area (Å²) in [5, 5.41) is 3.71. The van der Waals surface area contributed by atoms with Gasteiger partial charge in [0.15, 0.2) is 0 Å². The van der Waals surface area contributed by atoms with Crippen molar-refractivity contribution >= 4 is 5.69 Å². The van der Waals surface area contributed by atoms with Crippen LogP contribution in [-0.2, 0) is 0 Å². The second-order valence-electron chi connectivity index (χ2n) is 6.44. The fourth-order valence-electron chi connectivity index (χ4n) is 3.77. The van der Waals surface area contributed by atoms with Crippen molar-refractivity contribution in [3.05, 3.63) is 29.8 Å². The van der Waals surface area contributed by atoms with Gasteiger partial charge in [-0.2, -0.15) is 0 Å². The highest BCUT2D eigenvalue weighted by molar-refractivity contribution is 5.46. The average Bonchev–Trinajstić information content (AvgIpc) is 2.50. The summed E-state index contributed by atoms with van der Waals surface area (Å²) < 4.78 is 0. The van der Waals surface area contributed by atoms with Crippen LogP contribution in [0.15, 0.2) is 24.3 Å². The summed E-state index contributed by atoms with van der Waals surface area (Å²) in [5.74, 6) is 0.831. The summed E-state index contributed by atoms with van der Waals surface area (Å²) >= 11 is 0. The van der Waals surface area contributed by atoms with Gasteiger partial charge >= 0.3 is 0 Å². The lowest BCUT2D eigenvalue weighted by Crippen LogP contribution is -2.22. The SMILES string of the molecule is c1cc(C2CCCCC2)ccc1NC1CCCCC1. The van der Waals surface area contributed by atoms with Gasteiger partial charge < -0.3 is 5.32 Å². The van der Waals surface area contributed by atoms with Gasteiger partial charge in [-0.05, 0) is 49.3 Å². The highest BCUT2D eigenvalue weighted by atomic mass is 14.9. The fraction of sp³-hybridized carbons (Fsp3) is 0.667. The van der Waals surface area contributed by atoms with Gasteiger partial charge in [0, 0.05) is 11.7 Å². The number of hydrogen-bond acceptors (Lipinski definition) is 1. The summed E-state index contributed by atoms with van der Waals surface area (Å²) in [6.07, 6.45) is 14.0. The van der Waals surface area contributed by atoms with Crippen LogP contribution in [0, 0.1) is 0 Å². The third-order valence-electron chi connectivity index (χ3n) is 4.96. The molecule has 2 saturated carbocycles. The molecular weight excluding hydrogens is 230 g/mol. The molecule has 0 spiro atoms. The molecule has 0 unspecified atom stereocenters. The van der Waals surface area contributed by atoms with Gasteiger partial charge in [-0.25, -0.2) is 0 Å². The molecule has 0 amide bonds. The zero-order valence-corrected chi connectivity index (χ0v) is 12.0. The highest BCUT2D eigenvalue weighted by Gasteiger charge is 2.16. The van der Waals surface area contributed by atoms with E-state index in [-0.39, 0.29) is 0 Å². The third-order valence-corrected chi connectivity index (χ3v) is 4.96. The fourth-order valence-corrected chi connectivity index (χ4v) is 3.77. The first-order valence-electron chi connectivity index (χ1n) is 8.28. The zero-order chi connectivity index (χ0) is 12.9. The maximum atomic E-state index is 3.71. The lowest BCUT2D eigenvalue weighted by Gasteiger charge is -2.25. The minimum atomic E-state index is 0.717. The Morgan fingerprint density at radius 1 is 0.684 bits per heavy atom. The van der Waals surface area contributed by atoms with Gasteiger partial charge in [0.05, 0.1) is 0 Å². The zero-order valence-electron chi connectivity index (χ0n) is 12.0. The van der Waals surface area contributed by atoms with Gasteiger partial charge in [-0.1, -0.05) is 50.7 Å². The first-order chi connectivity index (χ1) is 9.42. The van der Waals surface area contributed by atoms with E-state index >= 15 is 0 Å². The molecule has 0 bridgehead atoms. The van der Waals surface area contributed by atoms with Crippen LogP contribution in [0.3, 0.4) is 0 Å². The number of anilines is 1. The number of hydrogen-bond donors (Lipinski definition) is 1. The molecule has 0 heterocycles. The van der Waals surface area contributed by atoms with E-state index in [4.69, 9.17) is 0 Å². The van der Waals surface area contributed by atoms with Crippen molar-refractivity contribution in [3.8, 4) is 0 Å². The first kappa shape index (κ1) is 13.0. The molecule has 3 rings (SSSR count). The molecule has 2 aliphatic rings. The lowest BCUT2D eigenvalue weighted by molar-refractivity contribution is 0.443. The van der Waals surface area contributed by atoms with Crippen molar-refractivity contribution in [1.82, 2.24) is 0 Å². The Balaban J connectivity index is 1.58. The highest BCUT2D eigenvalue weighted by Crippen LogP contribution is 2.33. The second kappa shape index (κ2) is 6.45. The van der Waals surface area contributed by atoms with Crippen LogP contribution >= 0.6 is 0 Å². The largest absolute Gasteiger partial charge is 0.382 e. The molecule has 0 aromatic heterocycles. The Morgan fingerprint density at radius 3 is 1.89 bits per heavy atom. The van der Waals surface area contributed by atoms with Crippen LogP contribution in [0.1, 0.15) is 75.7 Å². The number of nitrogens with one attached hydrogen (secondary N) is 1. The molecule has 0 aliphatic heterocycles. The third kappa shape index (κ3) is 3.52. The Morgan fingerprint density at radius 2 is 1.26 bits per heavy atom. The van der Waals surface area contributed by atoms with Crippen LogP contribution in [0.2, 0.25) is 0 Å². The van der Waals surface area contributed by atoms with E-state index in [1.165, 1.54) is 69.9 Å². The molecule has 1 nitrogen and oxygen atoms in total. The monoisotopic (exact) mass is 257 g/mol. The molecule has 104 valence electrons. The second-order valence-corrected chi connectivity index (χ2v) is 6.44. The van der Waals surface area contributed by atoms with E-state index < -0.39 is 0 Å². The van der Waals surface area contributed by atoms with Crippen LogP contribution in [0.25, 0.3) is 0 Å². The Bertz CT molecular complexity index is 369. The first-order valence-corrected chi connectivity index (χ1v) is 8.28. The van der Waals surface area contributed by atoms with Crippen LogP contribution < -0.4 is 5.32 Å². The quantitative estimate of drug-likeness (QED) is 0.756. The van der Waals surface area contributed by atoms with Crippen molar-refractivity contribution in [1.29, 1.82) is 0 Å². The molecule has 1 heteroatoms. The standard InChI is InChI=1S/C18H27N/c1-3-7-15(8-4-1)16-11-13-18(14-12-16)19-17-9-5-2-6-10-17/h11-15,17,19H,1-10H2. The molecule has 2 fully saturated rings. The van der Waals surface area contributed by atoms with E-state index in [0.29, 0.717) is 6.04 Å². The average molecular weight is 257 g/mol. The van der Waals surface area contributed by atoms with Crippen molar-refractivity contribution < 1.29 is 0 Å². The predicted molar refractivity (Wildman–Crippen MR) is 82.8 cm³/mol. The number of benzene rings is 1. The summed E-state index contributed by atoms with van der Waals surface area (Å²) in [4.78, 5) is 0. The summed E-state index contributed by atoms with van der Waals surface area (Å²) in [5.41, 5.74) is 2.89. The molecular formula is C18H27N. The van der Waals surface area contributed by atoms with Crippen molar-refractivity contribution in [2.45, 2.75) is 76.2 Å². The predicted octanol–water partition coefficient (Wildman–Crippen LogP) is 5.48. The Kier molecular flexibility index (Phi) is 4.42. The molecule has 2 aliphatic carbocycles. The van der Waals surface area contributed by atoms with E-state index in [2.05, 4.69) is 29.6 Å². The molecule has 1 aromatic rings. The van der Waals surface area contributed by atoms with Crippen LogP contribution in [-0.4, -0.2) is 6.04 Å². The van der Waals surface area contributed by atoms with Crippen molar-refractivity contribution in [3.63, 3.8) is 0 Å². The summed E-state index contributed by atoms with van der Waals surface area (Å²) in [6.45, 7) is 0. The Labute approximate surface area is 117 Å². The molecule has 1 N–H and O–H groups in total. The molecule has 0 atom stereocenters. The van der Waals surface area contributed by atoms with E-state index in [9.17, 15) is 0 Å². The normalized spacial score (nSPS) is 22.3. The van der Waals surface area contributed by atoms with Crippen molar-refractivity contribution in [2.75, 3.05) is 5.32 Å². The summed E-state index contributed by atoms with van der Waals surface area (Å²) in [6, 6.07) is 10.0. The lowest BCUT2D eigenvalue weighted by atomic mass is 9.84. The molecule has 0 saturated heterocycles. The Hall–Kier alpha value is -0.980. The molecule has 19 heavy (non-hydrogen) atoms. The van der Waals surface area contributed by atoms with Crippen molar-refractivity contribution in [2.24, 2.45) is 0 Å². The van der Waals surface area contributed by atoms with Crippen LogP contribution in [0.4, 0.5) is 5.69 Å². The minimum Gasteiger partial charge on any atom is -0.382 e. The summed E-state index contributed by atoms with van der Waals surface area (Å²) in [7, 11) is 0. The van der Waals surface area contributed by atoms with Gasteiger partial charge in [0.25, 0.3) is 0 Å².